The molecule has 0 fully saturated rings. The molecule has 27 heavy (non-hydrogen) atoms. The number of rotatable bonds is 6. The fraction of sp³-hybridized carbons (Fsp3) is 0.381. The van der Waals surface area contributed by atoms with Crippen LogP contribution >= 0.6 is 0 Å². The summed E-state index contributed by atoms with van der Waals surface area (Å²) in [6.45, 7) is 2.11. The molecule has 4 N–H and O–H groups in total. The van der Waals surface area contributed by atoms with Crippen molar-refractivity contribution in [3.8, 4) is 0 Å². The molecule has 1 heterocycles. The SMILES string of the molecule is CCc1ccc(CCC(=O)NC2CCCc3[nH]c(=O)c(C(N)=O)cc32)cc1. The number of hydrogen-bond acceptors (Lipinski definition) is 3. The second-order valence-corrected chi connectivity index (χ2v) is 6.99. The van der Waals surface area contributed by atoms with Gasteiger partial charge in [-0.05, 0) is 54.9 Å². The van der Waals surface area contributed by atoms with E-state index in [-0.39, 0.29) is 17.5 Å². The summed E-state index contributed by atoms with van der Waals surface area (Å²) in [4.78, 5) is 38.5. The number of primary amides is 1. The molecule has 0 saturated carbocycles. The highest BCUT2D eigenvalue weighted by Gasteiger charge is 2.24. The zero-order valence-electron chi connectivity index (χ0n) is 15.5. The number of carbonyl (C=O) groups excluding carboxylic acids is 2. The lowest BCUT2D eigenvalue weighted by Gasteiger charge is -2.26. The summed E-state index contributed by atoms with van der Waals surface area (Å²) in [5.41, 5.74) is 8.72. The predicted octanol–water partition coefficient (Wildman–Crippen LogP) is 2.16. The van der Waals surface area contributed by atoms with Gasteiger partial charge in [-0.1, -0.05) is 31.2 Å². The maximum Gasteiger partial charge on any atom is 0.261 e. The molecular formula is C21H25N3O3. The Kier molecular flexibility index (Phi) is 5.74. The van der Waals surface area contributed by atoms with Gasteiger partial charge in [-0.3, -0.25) is 14.4 Å². The molecule has 0 spiro atoms. The number of pyridine rings is 1. The van der Waals surface area contributed by atoms with Crippen LogP contribution in [0.4, 0.5) is 0 Å². The third-order valence-corrected chi connectivity index (χ3v) is 5.12. The van der Waals surface area contributed by atoms with Crippen molar-refractivity contribution < 1.29 is 9.59 Å². The summed E-state index contributed by atoms with van der Waals surface area (Å²) in [5, 5.41) is 3.04. The summed E-state index contributed by atoms with van der Waals surface area (Å²) in [5.74, 6) is -0.801. The van der Waals surface area contributed by atoms with Gasteiger partial charge in [0.1, 0.15) is 5.56 Å². The van der Waals surface area contributed by atoms with Crippen molar-refractivity contribution in [1.29, 1.82) is 0 Å². The molecule has 0 radical (unpaired) electrons. The van der Waals surface area contributed by atoms with Crippen LogP contribution in [0.15, 0.2) is 35.1 Å². The van der Waals surface area contributed by atoms with Crippen LogP contribution in [0.2, 0.25) is 0 Å². The molecule has 142 valence electrons. The molecule has 1 unspecified atom stereocenters. The van der Waals surface area contributed by atoms with E-state index in [1.165, 1.54) is 11.6 Å². The number of aromatic amines is 1. The van der Waals surface area contributed by atoms with E-state index in [0.717, 1.165) is 42.5 Å². The normalized spacial score (nSPS) is 15.8. The summed E-state index contributed by atoms with van der Waals surface area (Å²) in [7, 11) is 0. The van der Waals surface area contributed by atoms with Gasteiger partial charge < -0.3 is 16.0 Å². The van der Waals surface area contributed by atoms with Crippen LogP contribution in [0.1, 0.15) is 65.0 Å². The maximum absolute atomic E-state index is 12.4. The molecule has 1 aliphatic rings. The van der Waals surface area contributed by atoms with Gasteiger partial charge in [0, 0.05) is 12.1 Å². The van der Waals surface area contributed by atoms with Crippen LogP contribution in [0.5, 0.6) is 0 Å². The van der Waals surface area contributed by atoms with Gasteiger partial charge in [-0.25, -0.2) is 0 Å². The van der Waals surface area contributed by atoms with E-state index < -0.39 is 11.5 Å². The fourth-order valence-electron chi connectivity index (χ4n) is 3.54. The molecule has 0 saturated heterocycles. The minimum Gasteiger partial charge on any atom is -0.365 e. The van der Waals surface area contributed by atoms with E-state index in [0.29, 0.717) is 12.8 Å². The van der Waals surface area contributed by atoms with Crippen molar-refractivity contribution in [3.05, 3.63) is 68.6 Å². The van der Waals surface area contributed by atoms with Gasteiger partial charge in [0.2, 0.25) is 5.91 Å². The number of hydrogen-bond donors (Lipinski definition) is 3. The second-order valence-electron chi connectivity index (χ2n) is 6.99. The van der Waals surface area contributed by atoms with E-state index in [9.17, 15) is 14.4 Å². The molecule has 1 aromatic heterocycles. The zero-order chi connectivity index (χ0) is 19.4. The first kappa shape index (κ1) is 18.9. The Hall–Kier alpha value is -2.89. The lowest BCUT2D eigenvalue weighted by molar-refractivity contribution is -0.121. The zero-order valence-corrected chi connectivity index (χ0v) is 15.5. The number of benzene rings is 1. The molecule has 2 aromatic rings. The third-order valence-electron chi connectivity index (χ3n) is 5.12. The van der Waals surface area contributed by atoms with E-state index in [4.69, 9.17) is 5.73 Å². The summed E-state index contributed by atoms with van der Waals surface area (Å²) < 4.78 is 0. The van der Waals surface area contributed by atoms with Gasteiger partial charge in [-0.15, -0.1) is 0 Å². The van der Waals surface area contributed by atoms with Gasteiger partial charge in [0.15, 0.2) is 0 Å². The maximum atomic E-state index is 12.4. The van der Waals surface area contributed by atoms with E-state index in [1.54, 1.807) is 0 Å². The number of H-pyrrole nitrogens is 1. The number of aryl methyl sites for hydroxylation is 3. The van der Waals surface area contributed by atoms with Gasteiger partial charge in [0.25, 0.3) is 11.5 Å². The largest absolute Gasteiger partial charge is 0.365 e. The van der Waals surface area contributed by atoms with E-state index >= 15 is 0 Å². The number of amides is 2. The number of fused-ring (bicyclic) bond motifs is 1. The van der Waals surface area contributed by atoms with Crippen molar-refractivity contribution in [2.24, 2.45) is 5.73 Å². The fourth-order valence-corrected chi connectivity index (χ4v) is 3.54. The Morgan fingerprint density at radius 2 is 1.93 bits per heavy atom. The molecule has 6 heteroatoms. The van der Waals surface area contributed by atoms with Crippen LogP contribution in [-0.2, 0) is 24.1 Å². The van der Waals surface area contributed by atoms with Gasteiger partial charge in [0.05, 0.1) is 6.04 Å². The summed E-state index contributed by atoms with van der Waals surface area (Å²) in [6, 6.07) is 9.62. The van der Waals surface area contributed by atoms with Gasteiger partial charge >= 0.3 is 0 Å². The molecule has 1 atom stereocenters. The Labute approximate surface area is 158 Å². The standard InChI is InChI=1S/C21H25N3O3/c1-2-13-6-8-14(9-7-13)10-11-19(25)23-17-4-3-5-18-15(17)12-16(20(22)26)21(27)24-18/h6-9,12,17H,2-5,10-11H2,1H3,(H2,22,26)(H,23,25)(H,24,27). The minimum atomic E-state index is -0.759. The molecule has 2 amide bonds. The van der Waals surface area contributed by atoms with Gasteiger partial charge in [-0.2, -0.15) is 0 Å². The highest BCUT2D eigenvalue weighted by atomic mass is 16.2. The Morgan fingerprint density at radius 3 is 2.59 bits per heavy atom. The van der Waals surface area contributed by atoms with Crippen LogP contribution in [0, 0.1) is 0 Å². The molecule has 3 rings (SSSR count). The lowest BCUT2D eigenvalue weighted by Crippen LogP contribution is -2.34. The number of carbonyl (C=O) groups is 2. The van der Waals surface area contributed by atoms with Crippen molar-refractivity contribution >= 4 is 11.8 Å². The van der Waals surface area contributed by atoms with Crippen LogP contribution in [-0.4, -0.2) is 16.8 Å². The monoisotopic (exact) mass is 367 g/mol. The van der Waals surface area contributed by atoms with Crippen LogP contribution in [0.25, 0.3) is 0 Å². The first-order chi connectivity index (χ1) is 13.0. The average molecular weight is 367 g/mol. The van der Waals surface area contributed by atoms with Crippen molar-refractivity contribution in [2.45, 2.75) is 51.5 Å². The molecule has 6 nitrogen and oxygen atoms in total. The molecule has 0 bridgehead atoms. The highest BCUT2D eigenvalue weighted by Crippen LogP contribution is 2.28. The van der Waals surface area contributed by atoms with E-state index in [1.807, 2.05) is 0 Å². The van der Waals surface area contributed by atoms with Crippen molar-refractivity contribution in [1.82, 2.24) is 10.3 Å². The topological polar surface area (TPSA) is 105 Å². The third kappa shape index (κ3) is 4.45. The first-order valence-corrected chi connectivity index (χ1v) is 9.41. The number of nitrogens with one attached hydrogen (secondary N) is 2. The molecular weight excluding hydrogens is 342 g/mol. The Bertz CT molecular complexity index is 900. The minimum absolute atomic E-state index is 0.0424. The predicted molar refractivity (Wildman–Crippen MR) is 104 cm³/mol. The van der Waals surface area contributed by atoms with E-state index in [2.05, 4.69) is 41.5 Å². The van der Waals surface area contributed by atoms with Crippen molar-refractivity contribution in [2.75, 3.05) is 0 Å². The average Bonchev–Trinajstić information content (AvgIpc) is 2.66. The van der Waals surface area contributed by atoms with Crippen LogP contribution in [0.3, 0.4) is 0 Å². The Balaban J connectivity index is 1.67. The first-order valence-electron chi connectivity index (χ1n) is 9.41. The highest BCUT2D eigenvalue weighted by molar-refractivity contribution is 5.92. The lowest BCUT2D eigenvalue weighted by atomic mass is 9.90. The number of nitrogens with two attached hydrogens (primary N) is 1. The summed E-state index contributed by atoms with van der Waals surface area (Å²) in [6.07, 6.45) is 4.42. The Morgan fingerprint density at radius 1 is 1.22 bits per heavy atom. The molecule has 0 aliphatic heterocycles. The number of aromatic nitrogens is 1. The van der Waals surface area contributed by atoms with Crippen LogP contribution < -0.4 is 16.6 Å². The molecule has 1 aromatic carbocycles. The quantitative estimate of drug-likeness (QED) is 0.728. The smallest absolute Gasteiger partial charge is 0.261 e. The van der Waals surface area contributed by atoms with Crippen molar-refractivity contribution in [3.63, 3.8) is 0 Å². The molecule has 1 aliphatic carbocycles. The summed E-state index contributed by atoms with van der Waals surface area (Å²) >= 11 is 0. The second kappa shape index (κ2) is 8.20.